The molecule has 0 atom stereocenters. The highest BCUT2D eigenvalue weighted by Crippen LogP contribution is 2.40. The van der Waals surface area contributed by atoms with Gasteiger partial charge in [0.25, 0.3) is 0 Å². The summed E-state index contributed by atoms with van der Waals surface area (Å²) in [5, 5.41) is 2.73. The Morgan fingerprint density at radius 1 is 0.452 bits per heavy atom. The summed E-state index contributed by atoms with van der Waals surface area (Å²) < 4.78 is 2.74. The van der Waals surface area contributed by atoms with Crippen LogP contribution in [0.4, 0.5) is 0 Å². The summed E-state index contributed by atoms with van der Waals surface area (Å²) in [5.41, 5.74) is 5.20. The first-order chi connectivity index (χ1) is 15.1. The zero-order chi connectivity index (χ0) is 20.9. The second-order valence-electron chi connectivity index (χ2n) is 7.96. The van der Waals surface area contributed by atoms with Crippen molar-refractivity contribution >= 4 is 54.2 Å². The number of hydrogen-bond donors (Lipinski definition) is 0. The van der Waals surface area contributed by atoms with Crippen molar-refractivity contribution in [3.05, 3.63) is 95.4 Å². The lowest BCUT2D eigenvalue weighted by molar-refractivity contribution is 1.52. The molecule has 3 aromatic carbocycles. The quantitative estimate of drug-likeness (QED) is 0.251. The first kappa shape index (κ1) is 19.0. The molecule has 0 spiro atoms. The van der Waals surface area contributed by atoms with Gasteiger partial charge in [-0.15, -0.1) is 34.0 Å². The molecule has 0 N–H and O–H groups in total. The molecule has 6 aromatic rings. The molecule has 31 heavy (non-hydrogen) atoms. The van der Waals surface area contributed by atoms with Crippen LogP contribution >= 0.6 is 34.0 Å². The number of thiophene rings is 3. The molecule has 3 heterocycles. The van der Waals surface area contributed by atoms with Gasteiger partial charge in [-0.1, -0.05) is 48.5 Å². The highest BCUT2D eigenvalue weighted by atomic mass is 32.1. The minimum atomic E-state index is 1.28. The predicted molar refractivity (Wildman–Crippen MR) is 141 cm³/mol. The Bertz CT molecular complexity index is 1540. The largest absolute Gasteiger partial charge is 0.141 e. The van der Waals surface area contributed by atoms with Crippen molar-refractivity contribution in [1.82, 2.24) is 0 Å². The molecule has 150 valence electrons. The Morgan fingerprint density at radius 2 is 1.00 bits per heavy atom. The van der Waals surface area contributed by atoms with Gasteiger partial charge in [0.2, 0.25) is 0 Å². The highest BCUT2D eigenvalue weighted by molar-refractivity contribution is 7.26. The Hall–Kier alpha value is -2.72. The molecule has 0 saturated heterocycles. The Morgan fingerprint density at radius 3 is 1.68 bits per heavy atom. The lowest BCUT2D eigenvalue weighted by Crippen LogP contribution is -1.74. The molecule has 0 unspecified atom stereocenters. The molecule has 0 radical (unpaired) electrons. The van der Waals surface area contributed by atoms with Crippen molar-refractivity contribution in [3.63, 3.8) is 0 Å². The van der Waals surface area contributed by atoms with Crippen LogP contribution in [0, 0.1) is 13.8 Å². The van der Waals surface area contributed by atoms with Crippen LogP contribution in [0.3, 0.4) is 0 Å². The van der Waals surface area contributed by atoms with E-state index in [-0.39, 0.29) is 0 Å². The van der Waals surface area contributed by atoms with E-state index in [4.69, 9.17) is 0 Å². The maximum Gasteiger partial charge on any atom is 0.0361 e. The van der Waals surface area contributed by atoms with Crippen molar-refractivity contribution in [1.29, 1.82) is 0 Å². The monoisotopic (exact) mass is 452 g/mol. The van der Waals surface area contributed by atoms with Gasteiger partial charge in [0.05, 0.1) is 0 Å². The second kappa shape index (κ2) is 7.45. The van der Waals surface area contributed by atoms with Crippen LogP contribution in [0.15, 0.2) is 84.9 Å². The van der Waals surface area contributed by atoms with E-state index in [0.29, 0.717) is 0 Å². The van der Waals surface area contributed by atoms with Gasteiger partial charge in [-0.05, 0) is 72.5 Å². The summed E-state index contributed by atoms with van der Waals surface area (Å²) in [4.78, 5) is 5.33. The van der Waals surface area contributed by atoms with E-state index < -0.39 is 0 Å². The molecule has 3 aromatic heterocycles. The van der Waals surface area contributed by atoms with Crippen molar-refractivity contribution in [2.75, 3.05) is 0 Å². The van der Waals surface area contributed by atoms with Crippen LogP contribution in [0.25, 0.3) is 51.5 Å². The average Bonchev–Trinajstić information content (AvgIpc) is 3.51. The van der Waals surface area contributed by atoms with Crippen LogP contribution in [0.2, 0.25) is 0 Å². The molecule has 3 heteroatoms. The Kier molecular flexibility index (Phi) is 4.57. The summed E-state index contributed by atoms with van der Waals surface area (Å²) >= 11 is 5.62. The molecule has 0 aliphatic carbocycles. The van der Waals surface area contributed by atoms with Gasteiger partial charge in [-0.2, -0.15) is 0 Å². The molecule has 0 fully saturated rings. The highest BCUT2D eigenvalue weighted by Gasteiger charge is 2.10. The van der Waals surface area contributed by atoms with E-state index in [1.807, 2.05) is 34.0 Å². The standard InChI is InChI=1S/C28H20S3/c1-17-3-10-22-23-11-9-21(16-28(23)31-27(22)15-17)26-14-13-25(30-26)20-7-5-19(6-8-20)24-12-4-18(2)29-24/h3-16H,1-2H3. The van der Waals surface area contributed by atoms with Gasteiger partial charge in [-0.25, -0.2) is 0 Å². The van der Waals surface area contributed by atoms with Crippen LogP contribution in [-0.4, -0.2) is 0 Å². The topological polar surface area (TPSA) is 0 Å². The predicted octanol–water partition coefficient (Wildman–Crippen LogP) is 9.80. The van der Waals surface area contributed by atoms with Crippen molar-refractivity contribution in [3.8, 4) is 31.3 Å². The molecule has 0 aliphatic rings. The summed E-state index contributed by atoms with van der Waals surface area (Å²) in [6, 6.07) is 31.6. The number of fused-ring (bicyclic) bond motifs is 3. The van der Waals surface area contributed by atoms with Crippen LogP contribution < -0.4 is 0 Å². The zero-order valence-corrected chi connectivity index (χ0v) is 19.8. The molecule has 0 aliphatic heterocycles. The fourth-order valence-corrected chi connectivity index (χ4v) is 7.20. The number of aryl methyl sites for hydroxylation is 2. The third-order valence-electron chi connectivity index (χ3n) is 5.71. The van der Waals surface area contributed by atoms with Gasteiger partial charge in [-0.3, -0.25) is 0 Å². The smallest absolute Gasteiger partial charge is 0.0361 e. The van der Waals surface area contributed by atoms with Crippen LogP contribution in [0.1, 0.15) is 10.4 Å². The molecule has 6 rings (SSSR count). The van der Waals surface area contributed by atoms with E-state index in [1.165, 1.54) is 61.9 Å². The van der Waals surface area contributed by atoms with E-state index in [9.17, 15) is 0 Å². The van der Waals surface area contributed by atoms with E-state index in [2.05, 4.69) is 98.8 Å². The SMILES string of the molecule is Cc1ccc2c(c1)sc1cc(-c3ccc(-c4ccc(-c5ccc(C)s5)cc4)s3)ccc12. The second-order valence-corrected chi connectivity index (χ2v) is 11.4. The Balaban J connectivity index is 1.33. The van der Waals surface area contributed by atoms with E-state index in [0.717, 1.165) is 0 Å². The summed E-state index contributed by atoms with van der Waals surface area (Å²) in [6.07, 6.45) is 0. The average molecular weight is 453 g/mol. The zero-order valence-electron chi connectivity index (χ0n) is 17.3. The van der Waals surface area contributed by atoms with Gasteiger partial charge in [0, 0.05) is 39.7 Å². The summed E-state index contributed by atoms with van der Waals surface area (Å²) in [5.74, 6) is 0. The van der Waals surface area contributed by atoms with Gasteiger partial charge in [0.1, 0.15) is 0 Å². The minimum absolute atomic E-state index is 1.28. The first-order valence-corrected chi connectivity index (χ1v) is 12.8. The minimum Gasteiger partial charge on any atom is -0.141 e. The van der Waals surface area contributed by atoms with Gasteiger partial charge >= 0.3 is 0 Å². The molecule has 0 amide bonds. The van der Waals surface area contributed by atoms with Crippen LogP contribution in [0.5, 0.6) is 0 Å². The summed E-state index contributed by atoms with van der Waals surface area (Å²) in [6.45, 7) is 4.32. The van der Waals surface area contributed by atoms with Crippen molar-refractivity contribution < 1.29 is 0 Å². The number of hydrogen-bond acceptors (Lipinski definition) is 3. The van der Waals surface area contributed by atoms with E-state index in [1.54, 1.807) is 0 Å². The molecular formula is C28H20S3. The lowest BCUT2D eigenvalue weighted by atomic mass is 10.1. The molecule has 0 nitrogen and oxygen atoms in total. The fraction of sp³-hybridized carbons (Fsp3) is 0.0714. The first-order valence-electron chi connectivity index (χ1n) is 10.3. The van der Waals surface area contributed by atoms with Crippen molar-refractivity contribution in [2.45, 2.75) is 13.8 Å². The third kappa shape index (κ3) is 3.43. The fourth-order valence-electron chi connectivity index (χ4n) is 4.07. The van der Waals surface area contributed by atoms with E-state index >= 15 is 0 Å². The maximum absolute atomic E-state index is 2.35. The molecular weight excluding hydrogens is 433 g/mol. The number of rotatable bonds is 3. The van der Waals surface area contributed by atoms with Gasteiger partial charge in [0.15, 0.2) is 0 Å². The Labute approximate surface area is 194 Å². The normalized spacial score (nSPS) is 11.5. The molecule has 0 saturated carbocycles. The molecule has 0 bridgehead atoms. The van der Waals surface area contributed by atoms with Gasteiger partial charge < -0.3 is 0 Å². The van der Waals surface area contributed by atoms with Crippen molar-refractivity contribution in [2.24, 2.45) is 0 Å². The number of benzene rings is 3. The summed E-state index contributed by atoms with van der Waals surface area (Å²) in [7, 11) is 0. The van der Waals surface area contributed by atoms with Crippen LogP contribution in [-0.2, 0) is 0 Å². The maximum atomic E-state index is 2.35. The third-order valence-corrected chi connectivity index (χ3v) is 9.06. The lowest BCUT2D eigenvalue weighted by Gasteiger charge is -2.01.